The molecule has 29 heavy (non-hydrogen) atoms. The van der Waals surface area contributed by atoms with Crippen molar-refractivity contribution in [2.75, 3.05) is 18.1 Å². The molecule has 7 heteroatoms. The fourth-order valence-corrected chi connectivity index (χ4v) is 7.43. The van der Waals surface area contributed by atoms with Gasteiger partial charge in [-0.3, -0.25) is 14.4 Å². The highest BCUT2D eigenvalue weighted by molar-refractivity contribution is 9.10. The van der Waals surface area contributed by atoms with Crippen LogP contribution in [0.25, 0.3) is 0 Å². The summed E-state index contributed by atoms with van der Waals surface area (Å²) in [4.78, 5) is 38.6. The van der Waals surface area contributed by atoms with E-state index in [0.717, 1.165) is 32.1 Å². The molecule has 4 aliphatic rings. The highest BCUT2D eigenvalue weighted by Crippen LogP contribution is 2.64. The maximum atomic E-state index is 13.1. The minimum atomic E-state index is -0.480. The van der Waals surface area contributed by atoms with Gasteiger partial charge in [0.2, 0.25) is 5.91 Å². The molecular weight excluding hydrogens is 436 g/mol. The second kappa shape index (κ2) is 7.74. The number of carbonyl (C=O) groups excluding carboxylic acids is 3. The third-order valence-corrected chi connectivity index (χ3v) is 7.63. The molecule has 4 aliphatic carbocycles. The van der Waals surface area contributed by atoms with E-state index in [9.17, 15) is 14.4 Å². The summed E-state index contributed by atoms with van der Waals surface area (Å²) in [7, 11) is 0. The van der Waals surface area contributed by atoms with E-state index in [4.69, 9.17) is 10.5 Å². The van der Waals surface area contributed by atoms with Crippen LogP contribution in [0.5, 0.6) is 0 Å². The van der Waals surface area contributed by atoms with Gasteiger partial charge in [0, 0.05) is 23.0 Å². The number of amides is 2. The van der Waals surface area contributed by atoms with Crippen molar-refractivity contribution < 1.29 is 19.1 Å². The van der Waals surface area contributed by atoms with Gasteiger partial charge in [0.15, 0.2) is 6.61 Å². The molecule has 0 radical (unpaired) electrons. The number of ether oxygens (including phenoxy) is 1. The molecule has 0 heterocycles. The third kappa shape index (κ3) is 4.20. The van der Waals surface area contributed by atoms with Crippen molar-refractivity contribution in [2.45, 2.75) is 49.3 Å². The molecule has 5 rings (SSSR count). The van der Waals surface area contributed by atoms with Gasteiger partial charge in [-0.25, -0.2) is 0 Å². The SMILES string of the molecule is NC(=O)CCN(C(=O)COC(=O)C12CC3CC(CC(Br)(C3)C1)C2)c1ccccc1. The van der Waals surface area contributed by atoms with Gasteiger partial charge >= 0.3 is 5.97 Å². The second-order valence-corrected chi connectivity index (χ2v) is 10.7. The Morgan fingerprint density at radius 2 is 1.76 bits per heavy atom. The number of carbonyl (C=O) groups is 3. The zero-order valence-electron chi connectivity index (χ0n) is 16.4. The molecule has 0 aromatic heterocycles. The van der Waals surface area contributed by atoms with Crippen molar-refractivity contribution in [3.05, 3.63) is 30.3 Å². The predicted octanol–water partition coefficient (Wildman–Crippen LogP) is 3.17. The Kier molecular flexibility index (Phi) is 5.44. The van der Waals surface area contributed by atoms with Gasteiger partial charge in [-0.1, -0.05) is 34.1 Å². The van der Waals surface area contributed by atoms with E-state index in [0.29, 0.717) is 17.5 Å². The first kappa shape index (κ1) is 20.4. The molecule has 156 valence electrons. The van der Waals surface area contributed by atoms with Crippen molar-refractivity contribution in [3.63, 3.8) is 0 Å². The van der Waals surface area contributed by atoms with E-state index in [-0.39, 0.29) is 35.8 Å². The zero-order chi connectivity index (χ0) is 20.6. The number of para-hydroxylation sites is 1. The summed E-state index contributed by atoms with van der Waals surface area (Å²) >= 11 is 3.90. The Balaban J connectivity index is 1.42. The van der Waals surface area contributed by atoms with Crippen LogP contribution in [0.15, 0.2) is 30.3 Å². The third-order valence-electron chi connectivity index (χ3n) is 6.70. The van der Waals surface area contributed by atoms with Crippen LogP contribution in [0.4, 0.5) is 5.69 Å². The van der Waals surface area contributed by atoms with Crippen LogP contribution >= 0.6 is 15.9 Å². The monoisotopic (exact) mass is 462 g/mol. The minimum Gasteiger partial charge on any atom is -0.455 e. The summed E-state index contributed by atoms with van der Waals surface area (Å²) in [6.07, 6.45) is 6.05. The standard InChI is InChI=1S/C22H27BrN2O4/c23-22-11-15-8-16(12-22)10-21(9-15,14-22)20(28)29-13-19(27)25(7-6-18(24)26)17-4-2-1-3-5-17/h1-5,15-16H,6-14H2,(H2,24,26). The van der Waals surface area contributed by atoms with Crippen LogP contribution in [0.3, 0.4) is 0 Å². The average Bonchev–Trinajstić information content (AvgIpc) is 2.65. The van der Waals surface area contributed by atoms with Crippen molar-refractivity contribution in [1.29, 1.82) is 0 Å². The Hall–Kier alpha value is -1.89. The highest BCUT2D eigenvalue weighted by atomic mass is 79.9. The number of alkyl halides is 1. The molecule has 4 saturated carbocycles. The number of anilines is 1. The summed E-state index contributed by atoms with van der Waals surface area (Å²) in [6.45, 7) is -0.158. The number of nitrogens with two attached hydrogens (primary N) is 1. The number of primary amides is 1. The number of hydrogen-bond acceptors (Lipinski definition) is 4. The normalized spacial score (nSPS) is 32.0. The Labute approximate surface area is 179 Å². The summed E-state index contributed by atoms with van der Waals surface area (Å²) in [5.74, 6) is 0.0632. The van der Waals surface area contributed by atoms with E-state index in [2.05, 4.69) is 15.9 Å². The Morgan fingerprint density at radius 3 is 2.34 bits per heavy atom. The van der Waals surface area contributed by atoms with Crippen LogP contribution in [-0.4, -0.2) is 35.3 Å². The van der Waals surface area contributed by atoms with E-state index in [1.54, 1.807) is 12.1 Å². The van der Waals surface area contributed by atoms with Crippen molar-refractivity contribution in [3.8, 4) is 0 Å². The van der Waals surface area contributed by atoms with Gasteiger partial charge in [0.25, 0.3) is 5.91 Å². The summed E-state index contributed by atoms with van der Waals surface area (Å²) in [5, 5.41) is 0. The average molecular weight is 463 g/mol. The van der Waals surface area contributed by atoms with Crippen molar-refractivity contribution in [2.24, 2.45) is 23.0 Å². The molecular formula is C22H27BrN2O4. The largest absolute Gasteiger partial charge is 0.455 e. The lowest BCUT2D eigenvalue weighted by Gasteiger charge is -2.58. The molecule has 4 fully saturated rings. The van der Waals surface area contributed by atoms with Gasteiger partial charge in [0.1, 0.15) is 0 Å². The van der Waals surface area contributed by atoms with E-state index < -0.39 is 11.3 Å². The highest BCUT2D eigenvalue weighted by Gasteiger charge is 2.60. The Bertz CT molecular complexity index is 798. The van der Waals surface area contributed by atoms with Crippen LogP contribution in [0.2, 0.25) is 0 Å². The van der Waals surface area contributed by atoms with E-state index in [1.807, 2.05) is 18.2 Å². The van der Waals surface area contributed by atoms with Crippen LogP contribution < -0.4 is 10.6 Å². The number of rotatable bonds is 7. The molecule has 2 N–H and O–H groups in total. The molecule has 2 unspecified atom stereocenters. The fourth-order valence-electron chi connectivity index (χ4n) is 5.98. The van der Waals surface area contributed by atoms with E-state index in [1.165, 1.54) is 11.3 Å². The van der Waals surface area contributed by atoms with Crippen molar-refractivity contribution in [1.82, 2.24) is 0 Å². The second-order valence-electron chi connectivity index (χ2n) is 9.07. The summed E-state index contributed by atoms with van der Waals surface area (Å²) in [5.41, 5.74) is 5.45. The molecule has 6 nitrogen and oxygen atoms in total. The molecule has 0 spiro atoms. The number of nitrogens with zero attached hydrogens (tertiary/aromatic N) is 1. The lowest BCUT2D eigenvalue weighted by atomic mass is 9.49. The van der Waals surface area contributed by atoms with Gasteiger partial charge < -0.3 is 15.4 Å². The molecule has 2 atom stereocenters. The number of esters is 1. The van der Waals surface area contributed by atoms with Crippen LogP contribution in [-0.2, 0) is 19.1 Å². The lowest BCUT2D eigenvalue weighted by Crippen LogP contribution is -2.56. The quantitative estimate of drug-likeness (QED) is 0.497. The molecule has 0 aliphatic heterocycles. The van der Waals surface area contributed by atoms with Crippen molar-refractivity contribution >= 4 is 39.4 Å². The smallest absolute Gasteiger partial charge is 0.312 e. The van der Waals surface area contributed by atoms with Gasteiger partial charge in [-0.2, -0.15) is 0 Å². The maximum Gasteiger partial charge on any atom is 0.312 e. The van der Waals surface area contributed by atoms with Crippen LogP contribution in [0, 0.1) is 17.3 Å². The number of hydrogen-bond donors (Lipinski definition) is 1. The summed E-state index contributed by atoms with van der Waals surface area (Å²) in [6, 6.07) is 9.06. The zero-order valence-corrected chi connectivity index (χ0v) is 18.0. The first-order valence-electron chi connectivity index (χ1n) is 10.3. The topological polar surface area (TPSA) is 89.7 Å². The van der Waals surface area contributed by atoms with Crippen LogP contribution in [0.1, 0.15) is 44.9 Å². The molecule has 4 bridgehead atoms. The first-order chi connectivity index (χ1) is 13.8. The molecule has 1 aromatic rings. The molecule has 0 saturated heterocycles. The molecule has 1 aromatic carbocycles. The lowest BCUT2D eigenvalue weighted by molar-refractivity contribution is -0.171. The summed E-state index contributed by atoms with van der Waals surface area (Å²) < 4.78 is 5.63. The van der Waals surface area contributed by atoms with Gasteiger partial charge in [-0.05, 0) is 62.5 Å². The number of halogens is 1. The van der Waals surface area contributed by atoms with Gasteiger partial charge in [0.05, 0.1) is 5.41 Å². The molecule has 2 amide bonds. The first-order valence-corrected chi connectivity index (χ1v) is 11.1. The fraction of sp³-hybridized carbons (Fsp3) is 0.591. The number of benzene rings is 1. The minimum absolute atomic E-state index is 0.0496. The predicted molar refractivity (Wildman–Crippen MR) is 112 cm³/mol. The van der Waals surface area contributed by atoms with E-state index >= 15 is 0 Å². The van der Waals surface area contributed by atoms with Gasteiger partial charge in [-0.15, -0.1) is 0 Å². The maximum absolute atomic E-state index is 13.1. The Morgan fingerprint density at radius 1 is 1.10 bits per heavy atom.